The summed E-state index contributed by atoms with van der Waals surface area (Å²) in [4.78, 5) is 0. The Morgan fingerprint density at radius 1 is 0.611 bits per heavy atom. The zero-order valence-corrected chi connectivity index (χ0v) is 11.7. The Morgan fingerprint density at radius 3 is 1.50 bits per heavy atom. The summed E-state index contributed by atoms with van der Waals surface area (Å²) in [6.07, 6.45) is 3.61. The minimum absolute atomic E-state index is 0.557. The lowest BCUT2D eigenvalue weighted by Crippen LogP contribution is -2.14. The van der Waals surface area contributed by atoms with Gasteiger partial charge in [0.2, 0.25) is 0 Å². The zero-order valence-electron chi connectivity index (χ0n) is 11.7. The predicted octanol–water partition coefficient (Wildman–Crippen LogP) is 1.20. The van der Waals surface area contributed by atoms with Gasteiger partial charge in [-0.25, -0.2) is 0 Å². The second kappa shape index (κ2) is 16.8. The first-order chi connectivity index (χ1) is 8.91. The second-order valence-electron chi connectivity index (χ2n) is 3.95. The summed E-state index contributed by atoms with van der Waals surface area (Å²) < 4.78 is 21.2. The van der Waals surface area contributed by atoms with Crippen molar-refractivity contribution in [1.29, 1.82) is 0 Å². The molecule has 0 unspecified atom stereocenters. The van der Waals surface area contributed by atoms with Crippen molar-refractivity contribution in [3.63, 3.8) is 0 Å². The summed E-state index contributed by atoms with van der Waals surface area (Å²) in [6.45, 7) is 7.88. The third-order valence-corrected chi connectivity index (χ3v) is 2.27. The Kier molecular flexibility index (Phi) is 16.6. The summed E-state index contributed by atoms with van der Waals surface area (Å²) >= 11 is 0. The molecule has 0 aromatic rings. The molecule has 0 fully saturated rings. The van der Waals surface area contributed by atoms with E-state index in [1.165, 1.54) is 12.8 Å². The van der Waals surface area contributed by atoms with E-state index in [9.17, 15) is 0 Å². The molecule has 0 aliphatic carbocycles. The van der Waals surface area contributed by atoms with Gasteiger partial charge in [0.25, 0.3) is 0 Å². The van der Waals surface area contributed by atoms with E-state index < -0.39 is 0 Å². The summed E-state index contributed by atoms with van der Waals surface area (Å²) in [5, 5.41) is 0. The average Bonchev–Trinajstić information content (AvgIpc) is 2.39. The number of ether oxygens (including phenoxy) is 4. The van der Waals surface area contributed by atoms with E-state index in [1.54, 1.807) is 0 Å². The number of nitrogens with two attached hydrogens (primary N) is 1. The SMILES string of the molecule is CCCCCOCCOCCOCCOCCN. The minimum atomic E-state index is 0.557. The van der Waals surface area contributed by atoms with Crippen molar-refractivity contribution in [2.45, 2.75) is 26.2 Å². The van der Waals surface area contributed by atoms with Crippen molar-refractivity contribution in [1.82, 2.24) is 0 Å². The van der Waals surface area contributed by atoms with E-state index in [1.807, 2.05) is 0 Å². The molecule has 0 saturated heterocycles. The number of hydrogen-bond donors (Lipinski definition) is 1. The van der Waals surface area contributed by atoms with Crippen LogP contribution in [-0.2, 0) is 18.9 Å². The molecule has 0 saturated carbocycles. The molecule has 110 valence electrons. The topological polar surface area (TPSA) is 62.9 Å². The first kappa shape index (κ1) is 17.8. The van der Waals surface area contributed by atoms with Gasteiger partial charge in [0.05, 0.1) is 46.2 Å². The van der Waals surface area contributed by atoms with Crippen molar-refractivity contribution in [2.24, 2.45) is 5.73 Å². The Balaban J connectivity index is 2.86. The first-order valence-electron chi connectivity index (χ1n) is 6.92. The molecule has 0 spiro atoms. The molecule has 0 amide bonds. The van der Waals surface area contributed by atoms with Gasteiger partial charge in [-0.3, -0.25) is 0 Å². The van der Waals surface area contributed by atoms with Gasteiger partial charge in [-0.1, -0.05) is 19.8 Å². The summed E-state index contributed by atoms with van der Waals surface area (Å²) in [7, 11) is 0. The van der Waals surface area contributed by atoms with Crippen LogP contribution in [-0.4, -0.2) is 59.4 Å². The van der Waals surface area contributed by atoms with Crippen LogP contribution in [0.3, 0.4) is 0 Å². The summed E-state index contributed by atoms with van der Waals surface area (Å²) in [5.41, 5.74) is 5.28. The lowest BCUT2D eigenvalue weighted by Gasteiger charge is -2.07. The van der Waals surface area contributed by atoms with Gasteiger partial charge in [0, 0.05) is 13.2 Å². The van der Waals surface area contributed by atoms with Crippen LogP contribution in [0.4, 0.5) is 0 Å². The van der Waals surface area contributed by atoms with Crippen LogP contribution in [0.25, 0.3) is 0 Å². The predicted molar refractivity (Wildman–Crippen MR) is 71.9 cm³/mol. The van der Waals surface area contributed by atoms with E-state index in [0.29, 0.717) is 52.8 Å². The van der Waals surface area contributed by atoms with Crippen LogP contribution < -0.4 is 5.73 Å². The highest BCUT2D eigenvalue weighted by Gasteiger charge is 1.92. The highest BCUT2D eigenvalue weighted by molar-refractivity contribution is 4.38. The van der Waals surface area contributed by atoms with Crippen LogP contribution in [0.1, 0.15) is 26.2 Å². The Hall–Kier alpha value is -0.200. The van der Waals surface area contributed by atoms with E-state index in [0.717, 1.165) is 13.0 Å². The Labute approximate surface area is 111 Å². The molecule has 0 bridgehead atoms. The third-order valence-electron chi connectivity index (χ3n) is 2.27. The maximum absolute atomic E-state index is 5.41. The Morgan fingerprint density at radius 2 is 1.06 bits per heavy atom. The normalized spacial score (nSPS) is 11.0. The summed E-state index contributed by atoms with van der Waals surface area (Å²) in [6, 6.07) is 0. The maximum atomic E-state index is 5.41. The molecule has 0 rings (SSSR count). The fourth-order valence-corrected chi connectivity index (χ4v) is 1.30. The van der Waals surface area contributed by atoms with Gasteiger partial charge in [-0.15, -0.1) is 0 Å². The average molecular weight is 263 g/mol. The molecule has 0 aromatic heterocycles. The van der Waals surface area contributed by atoms with E-state index >= 15 is 0 Å². The molecule has 0 aliphatic heterocycles. The second-order valence-corrected chi connectivity index (χ2v) is 3.95. The molecule has 5 nitrogen and oxygen atoms in total. The van der Waals surface area contributed by atoms with Gasteiger partial charge in [0.15, 0.2) is 0 Å². The quantitative estimate of drug-likeness (QED) is 0.450. The van der Waals surface area contributed by atoms with Crippen LogP contribution in [0.2, 0.25) is 0 Å². The fraction of sp³-hybridized carbons (Fsp3) is 1.00. The lowest BCUT2D eigenvalue weighted by molar-refractivity contribution is -0.00132. The largest absolute Gasteiger partial charge is 0.379 e. The monoisotopic (exact) mass is 263 g/mol. The van der Waals surface area contributed by atoms with Crippen LogP contribution in [0, 0.1) is 0 Å². The van der Waals surface area contributed by atoms with Crippen LogP contribution in [0.5, 0.6) is 0 Å². The summed E-state index contributed by atoms with van der Waals surface area (Å²) in [5.74, 6) is 0. The molecule has 2 N–H and O–H groups in total. The molecular formula is C13H29NO4. The van der Waals surface area contributed by atoms with Gasteiger partial charge >= 0.3 is 0 Å². The van der Waals surface area contributed by atoms with Gasteiger partial charge in [-0.2, -0.15) is 0 Å². The molecule has 5 heteroatoms. The lowest BCUT2D eigenvalue weighted by atomic mass is 10.3. The van der Waals surface area contributed by atoms with Crippen LogP contribution in [0.15, 0.2) is 0 Å². The Bertz CT molecular complexity index is 131. The van der Waals surface area contributed by atoms with Crippen molar-refractivity contribution in [3.05, 3.63) is 0 Å². The van der Waals surface area contributed by atoms with Crippen molar-refractivity contribution in [3.8, 4) is 0 Å². The molecule has 0 atom stereocenters. The zero-order chi connectivity index (χ0) is 13.3. The molecule has 0 radical (unpaired) electrons. The minimum Gasteiger partial charge on any atom is -0.379 e. The standard InChI is InChI=1S/C13H29NO4/c1-2-3-4-6-15-8-10-17-12-13-18-11-9-16-7-5-14/h2-14H2,1H3. The van der Waals surface area contributed by atoms with E-state index in [2.05, 4.69) is 6.92 Å². The van der Waals surface area contributed by atoms with E-state index in [-0.39, 0.29) is 0 Å². The van der Waals surface area contributed by atoms with Crippen molar-refractivity contribution < 1.29 is 18.9 Å². The molecular weight excluding hydrogens is 234 g/mol. The molecule has 0 heterocycles. The third kappa shape index (κ3) is 15.8. The van der Waals surface area contributed by atoms with Crippen molar-refractivity contribution in [2.75, 3.05) is 59.4 Å². The maximum Gasteiger partial charge on any atom is 0.0701 e. The molecule has 0 aliphatic rings. The number of unbranched alkanes of at least 4 members (excludes halogenated alkanes) is 2. The first-order valence-corrected chi connectivity index (χ1v) is 6.92. The number of rotatable bonds is 15. The van der Waals surface area contributed by atoms with Gasteiger partial charge < -0.3 is 24.7 Å². The van der Waals surface area contributed by atoms with Gasteiger partial charge in [-0.05, 0) is 6.42 Å². The number of hydrogen-bond acceptors (Lipinski definition) is 5. The highest BCUT2D eigenvalue weighted by Crippen LogP contribution is 1.93. The van der Waals surface area contributed by atoms with E-state index in [4.69, 9.17) is 24.7 Å². The van der Waals surface area contributed by atoms with Gasteiger partial charge in [0.1, 0.15) is 0 Å². The molecule has 0 aromatic carbocycles. The van der Waals surface area contributed by atoms with Crippen molar-refractivity contribution >= 4 is 0 Å². The van der Waals surface area contributed by atoms with Crippen LogP contribution >= 0.6 is 0 Å². The fourth-order valence-electron chi connectivity index (χ4n) is 1.30. The highest BCUT2D eigenvalue weighted by atomic mass is 16.6. The smallest absolute Gasteiger partial charge is 0.0701 e. The molecule has 18 heavy (non-hydrogen) atoms.